The molecule has 0 amide bonds. The van der Waals surface area contributed by atoms with E-state index in [9.17, 15) is 0 Å². The Kier molecular flexibility index (Phi) is 6.05. The smallest absolute Gasteiger partial charge is 0.0481 e. The second-order valence-electron chi connectivity index (χ2n) is 5.35. The third-order valence-electron chi connectivity index (χ3n) is 3.64. The minimum absolute atomic E-state index is 0.449. The van der Waals surface area contributed by atoms with Gasteiger partial charge in [0.15, 0.2) is 0 Å². The predicted molar refractivity (Wildman–Crippen MR) is 84.1 cm³/mol. The molecule has 0 heterocycles. The highest BCUT2D eigenvalue weighted by Gasteiger charge is 2.17. The molecule has 1 aromatic rings. The number of methoxy groups -OCH3 is 1. The van der Waals surface area contributed by atoms with E-state index in [1.807, 2.05) is 11.8 Å². The molecule has 106 valence electrons. The number of para-hydroxylation sites is 1. The van der Waals surface area contributed by atoms with Crippen LogP contribution in [-0.4, -0.2) is 25.0 Å². The molecule has 3 heteroatoms. The van der Waals surface area contributed by atoms with Gasteiger partial charge in [0.25, 0.3) is 0 Å². The topological polar surface area (TPSA) is 21.3 Å². The van der Waals surface area contributed by atoms with E-state index < -0.39 is 0 Å². The van der Waals surface area contributed by atoms with Crippen molar-refractivity contribution in [3.63, 3.8) is 0 Å². The maximum atomic E-state index is 5.14. The summed E-state index contributed by atoms with van der Waals surface area (Å²) in [6.45, 7) is 3.03. The lowest BCUT2D eigenvalue weighted by molar-refractivity contribution is 0.191. The first kappa shape index (κ1) is 14.7. The average molecular weight is 279 g/mol. The van der Waals surface area contributed by atoms with Crippen molar-refractivity contribution in [1.29, 1.82) is 0 Å². The van der Waals surface area contributed by atoms with Gasteiger partial charge in [0.05, 0.1) is 0 Å². The van der Waals surface area contributed by atoms with E-state index in [4.69, 9.17) is 4.74 Å². The molecule has 1 N–H and O–H groups in total. The Bertz CT molecular complexity index is 377. The van der Waals surface area contributed by atoms with Crippen molar-refractivity contribution in [2.45, 2.75) is 55.2 Å². The number of anilines is 1. The third kappa shape index (κ3) is 4.73. The first-order chi connectivity index (χ1) is 9.29. The van der Waals surface area contributed by atoms with Crippen molar-refractivity contribution in [3.05, 3.63) is 24.3 Å². The lowest BCUT2D eigenvalue weighted by atomic mass is 10.2. The van der Waals surface area contributed by atoms with Gasteiger partial charge in [0.2, 0.25) is 0 Å². The van der Waals surface area contributed by atoms with Crippen LogP contribution in [0.4, 0.5) is 5.69 Å². The van der Waals surface area contributed by atoms with Crippen molar-refractivity contribution in [1.82, 2.24) is 0 Å². The molecule has 1 fully saturated rings. The summed E-state index contributed by atoms with van der Waals surface area (Å²) in [5.41, 5.74) is 1.28. The zero-order valence-corrected chi connectivity index (χ0v) is 12.8. The Hall–Kier alpha value is -0.670. The molecule has 1 aliphatic carbocycles. The summed E-state index contributed by atoms with van der Waals surface area (Å²) in [6, 6.07) is 9.15. The van der Waals surface area contributed by atoms with Gasteiger partial charge in [-0.05, 0) is 38.3 Å². The maximum Gasteiger partial charge on any atom is 0.0481 e. The van der Waals surface area contributed by atoms with E-state index in [1.165, 1.54) is 36.3 Å². The number of ether oxygens (including phenoxy) is 1. The van der Waals surface area contributed by atoms with Gasteiger partial charge in [-0.15, -0.1) is 11.8 Å². The largest absolute Gasteiger partial charge is 0.385 e. The maximum absolute atomic E-state index is 5.14. The third-order valence-corrected chi connectivity index (χ3v) is 5.05. The first-order valence-electron chi connectivity index (χ1n) is 7.30. The Morgan fingerprint density at radius 2 is 2.05 bits per heavy atom. The number of nitrogens with one attached hydrogen (secondary N) is 1. The van der Waals surface area contributed by atoms with Gasteiger partial charge in [-0.2, -0.15) is 0 Å². The molecule has 0 aromatic heterocycles. The molecule has 0 spiro atoms. The van der Waals surface area contributed by atoms with Crippen LogP contribution in [-0.2, 0) is 4.74 Å². The number of rotatable bonds is 7. The Balaban J connectivity index is 1.94. The van der Waals surface area contributed by atoms with E-state index in [1.54, 1.807) is 7.11 Å². The molecular formula is C16H25NOS. The van der Waals surface area contributed by atoms with Crippen LogP contribution < -0.4 is 5.32 Å². The molecule has 1 saturated carbocycles. The highest BCUT2D eigenvalue weighted by atomic mass is 32.2. The van der Waals surface area contributed by atoms with E-state index in [0.717, 1.165) is 18.3 Å². The minimum atomic E-state index is 0.449. The van der Waals surface area contributed by atoms with Crippen molar-refractivity contribution in [3.8, 4) is 0 Å². The lowest BCUT2D eigenvalue weighted by Crippen LogP contribution is -2.17. The summed E-state index contributed by atoms with van der Waals surface area (Å²) in [5.74, 6) is 0. The Labute approximate surface area is 121 Å². The number of hydrogen-bond donors (Lipinski definition) is 1. The van der Waals surface area contributed by atoms with Gasteiger partial charge in [-0.3, -0.25) is 0 Å². The fourth-order valence-electron chi connectivity index (χ4n) is 2.51. The van der Waals surface area contributed by atoms with E-state index in [2.05, 4.69) is 36.5 Å². The van der Waals surface area contributed by atoms with Crippen LogP contribution in [0.1, 0.15) is 39.0 Å². The summed E-state index contributed by atoms with van der Waals surface area (Å²) >= 11 is 2.05. The second kappa shape index (κ2) is 7.81. The fourth-order valence-corrected chi connectivity index (χ4v) is 3.85. The summed E-state index contributed by atoms with van der Waals surface area (Å²) in [6.07, 6.45) is 6.59. The van der Waals surface area contributed by atoms with Crippen LogP contribution >= 0.6 is 11.8 Å². The molecule has 1 aromatic carbocycles. The standard InChI is InChI=1S/C16H25NOS/c1-13(11-12-18-2)17-15-9-5-6-10-16(15)19-14-7-3-4-8-14/h5-6,9-10,13-14,17H,3-4,7-8,11-12H2,1-2H3. The highest BCUT2D eigenvalue weighted by Crippen LogP contribution is 2.38. The van der Waals surface area contributed by atoms with Crippen LogP contribution in [0.25, 0.3) is 0 Å². The van der Waals surface area contributed by atoms with Crippen molar-refractivity contribution in [2.24, 2.45) is 0 Å². The van der Waals surface area contributed by atoms with Crippen molar-refractivity contribution < 1.29 is 4.74 Å². The number of benzene rings is 1. The lowest BCUT2D eigenvalue weighted by Gasteiger charge is -2.19. The molecular weight excluding hydrogens is 254 g/mol. The molecule has 0 saturated heterocycles. The molecule has 2 nitrogen and oxygen atoms in total. The summed E-state index contributed by atoms with van der Waals surface area (Å²) in [4.78, 5) is 1.40. The second-order valence-corrected chi connectivity index (χ2v) is 6.69. The van der Waals surface area contributed by atoms with E-state index >= 15 is 0 Å². The minimum Gasteiger partial charge on any atom is -0.385 e. The molecule has 1 aliphatic rings. The van der Waals surface area contributed by atoms with E-state index in [-0.39, 0.29) is 0 Å². The molecule has 0 radical (unpaired) electrons. The SMILES string of the molecule is COCCC(C)Nc1ccccc1SC1CCCC1. The molecule has 1 unspecified atom stereocenters. The first-order valence-corrected chi connectivity index (χ1v) is 8.18. The summed E-state index contributed by atoms with van der Waals surface area (Å²) in [7, 11) is 1.76. The van der Waals surface area contributed by atoms with Crippen LogP contribution in [0, 0.1) is 0 Å². The van der Waals surface area contributed by atoms with Gasteiger partial charge in [0, 0.05) is 35.6 Å². The predicted octanol–water partition coefficient (Wildman–Crippen LogP) is 4.56. The Morgan fingerprint density at radius 1 is 1.32 bits per heavy atom. The molecule has 0 aliphatic heterocycles. The highest BCUT2D eigenvalue weighted by molar-refractivity contribution is 8.00. The number of hydrogen-bond acceptors (Lipinski definition) is 3. The van der Waals surface area contributed by atoms with Gasteiger partial charge in [0.1, 0.15) is 0 Å². The normalized spacial score (nSPS) is 17.6. The average Bonchev–Trinajstić information content (AvgIpc) is 2.91. The fraction of sp³-hybridized carbons (Fsp3) is 0.625. The van der Waals surface area contributed by atoms with Crippen molar-refractivity contribution >= 4 is 17.4 Å². The zero-order valence-electron chi connectivity index (χ0n) is 12.0. The monoisotopic (exact) mass is 279 g/mol. The van der Waals surface area contributed by atoms with Crippen molar-refractivity contribution in [2.75, 3.05) is 19.0 Å². The molecule has 1 atom stereocenters. The van der Waals surface area contributed by atoms with Crippen LogP contribution in [0.15, 0.2) is 29.2 Å². The van der Waals surface area contributed by atoms with Crippen LogP contribution in [0.2, 0.25) is 0 Å². The van der Waals surface area contributed by atoms with E-state index in [0.29, 0.717) is 6.04 Å². The summed E-state index contributed by atoms with van der Waals surface area (Å²) < 4.78 is 5.14. The Morgan fingerprint density at radius 3 is 2.79 bits per heavy atom. The quantitative estimate of drug-likeness (QED) is 0.790. The van der Waals surface area contributed by atoms with Gasteiger partial charge in [-0.25, -0.2) is 0 Å². The van der Waals surface area contributed by atoms with Gasteiger partial charge in [-0.1, -0.05) is 25.0 Å². The van der Waals surface area contributed by atoms with Gasteiger partial charge < -0.3 is 10.1 Å². The van der Waals surface area contributed by atoms with Crippen LogP contribution in [0.3, 0.4) is 0 Å². The van der Waals surface area contributed by atoms with Crippen LogP contribution in [0.5, 0.6) is 0 Å². The molecule has 2 rings (SSSR count). The number of thioether (sulfide) groups is 1. The molecule has 0 bridgehead atoms. The molecule has 19 heavy (non-hydrogen) atoms. The summed E-state index contributed by atoms with van der Waals surface area (Å²) in [5, 5.41) is 4.44. The zero-order chi connectivity index (χ0) is 13.5. The van der Waals surface area contributed by atoms with Gasteiger partial charge >= 0.3 is 0 Å².